The Hall–Kier alpha value is -1.42. The lowest BCUT2D eigenvalue weighted by Gasteiger charge is -2.23. The molecule has 1 aromatic carbocycles. The number of nitrogens with one attached hydrogen (secondary N) is 1. The van der Waals surface area contributed by atoms with Gasteiger partial charge in [-0.25, -0.2) is 0 Å². The van der Waals surface area contributed by atoms with E-state index in [4.69, 9.17) is 18.0 Å². The first-order valence-electron chi connectivity index (χ1n) is 5.37. The fourth-order valence-electron chi connectivity index (χ4n) is 1.77. The summed E-state index contributed by atoms with van der Waals surface area (Å²) in [5, 5.41) is 3.06. The molecule has 2 rings (SSSR count). The molecule has 1 aliphatic rings. The molecule has 1 saturated carbocycles. The van der Waals surface area contributed by atoms with Crippen LogP contribution in [-0.4, -0.2) is 10.9 Å². The van der Waals surface area contributed by atoms with Gasteiger partial charge >= 0.3 is 0 Å². The van der Waals surface area contributed by atoms with E-state index in [1.807, 2.05) is 24.3 Å². The van der Waals surface area contributed by atoms with E-state index in [0.717, 1.165) is 24.1 Å². The molecule has 16 heavy (non-hydrogen) atoms. The van der Waals surface area contributed by atoms with E-state index >= 15 is 0 Å². The third-order valence-corrected chi connectivity index (χ3v) is 3.01. The summed E-state index contributed by atoms with van der Waals surface area (Å²) in [4.78, 5) is 11.9. The average Bonchev–Trinajstić information content (AvgIpc) is 2.15. The van der Waals surface area contributed by atoms with Crippen LogP contribution in [0.2, 0.25) is 0 Å². The van der Waals surface area contributed by atoms with Crippen molar-refractivity contribution in [2.45, 2.75) is 19.3 Å². The lowest BCUT2D eigenvalue weighted by atomic mass is 9.80. The van der Waals surface area contributed by atoms with Gasteiger partial charge in [0.15, 0.2) is 10.9 Å². The third kappa shape index (κ3) is 2.39. The number of Topliss-reactive ketones (excluding diaryl/α,β-unsaturated/α-hetero) is 1. The van der Waals surface area contributed by atoms with Gasteiger partial charge in [-0.15, -0.1) is 0 Å². The van der Waals surface area contributed by atoms with Crippen LogP contribution < -0.4 is 11.1 Å². The van der Waals surface area contributed by atoms with Crippen LogP contribution in [0.15, 0.2) is 24.3 Å². The van der Waals surface area contributed by atoms with Crippen molar-refractivity contribution in [3.63, 3.8) is 0 Å². The SMILES string of the molecule is NC(=S)Nc1ccc(C(=O)C2CCC2)cc1. The Morgan fingerprint density at radius 3 is 2.38 bits per heavy atom. The molecule has 0 radical (unpaired) electrons. The average molecular weight is 234 g/mol. The number of ketones is 1. The monoisotopic (exact) mass is 234 g/mol. The Kier molecular flexibility index (Phi) is 3.19. The van der Waals surface area contributed by atoms with Crippen LogP contribution in [0.25, 0.3) is 0 Å². The van der Waals surface area contributed by atoms with E-state index in [0.29, 0.717) is 0 Å². The summed E-state index contributed by atoms with van der Waals surface area (Å²) in [6.07, 6.45) is 3.24. The molecule has 0 spiro atoms. The largest absolute Gasteiger partial charge is 0.376 e. The van der Waals surface area contributed by atoms with Gasteiger partial charge in [-0.2, -0.15) is 0 Å². The molecular formula is C12H14N2OS. The summed E-state index contributed by atoms with van der Waals surface area (Å²) in [7, 11) is 0. The zero-order valence-electron chi connectivity index (χ0n) is 8.90. The van der Waals surface area contributed by atoms with Crippen LogP contribution in [0, 0.1) is 5.92 Å². The van der Waals surface area contributed by atoms with E-state index < -0.39 is 0 Å². The summed E-state index contributed by atoms with van der Waals surface area (Å²) in [5.74, 6) is 0.502. The van der Waals surface area contributed by atoms with Crippen molar-refractivity contribution in [3.8, 4) is 0 Å². The topological polar surface area (TPSA) is 55.1 Å². The lowest BCUT2D eigenvalue weighted by Crippen LogP contribution is -2.22. The van der Waals surface area contributed by atoms with Gasteiger partial charge in [-0.05, 0) is 49.3 Å². The standard InChI is InChI=1S/C12H14N2OS/c13-12(16)14-10-6-4-9(5-7-10)11(15)8-2-1-3-8/h4-8H,1-3H2,(H3,13,14,16). The highest BCUT2D eigenvalue weighted by Crippen LogP contribution is 2.29. The first kappa shape index (κ1) is 11.1. The van der Waals surface area contributed by atoms with Crippen LogP contribution in [0.1, 0.15) is 29.6 Å². The molecule has 1 fully saturated rings. The van der Waals surface area contributed by atoms with Crippen molar-refractivity contribution in [1.82, 2.24) is 0 Å². The predicted octanol–water partition coefficient (Wildman–Crippen LogP) is 2.32. The molecule has 1 aliphatic carbocycles. The smallest absolute Gasteiger partial charge is 0.168 e. The second kappa shape index (κ2) is 4.61. The molecule has 0 atom stereocenters. The third-order valence-electron chi connectivity index (χ3n) is 2.91. The predicted molar refractivity (Wildman–Crippen MR) is 68.5 cm³/mol. The zero-order chi connectivity index (χ0) is 11.5. The van der Waals surface area contributed by atoms with Gasteiger partial charge in [-0.1, -0.05) is 6.42 Å². The normalized spacial score (nSPS) is 15.2. The lowest BCUT2D eigenvalue weighted by molar-refractivity contribution is 0.0855. The number of nitrogens with two attached hydrogens (primary N) is 1. The number of anilines is 1. The van der Waals surface area contributed by atoms with Gasteiger partial charge in [0.05, 0.1) is 0 Å². The van der Waals surface area contributed by atoms with Crippen LogP contribution in [0.3, 0.4) is 0 Å². The maximum Gasteiger partial charge on any atom is 0.168 e. The van der Waals surface area contributed by atoms with Gasteiger partial charge in [0.2, 0.25) is 0 Å². The molecular weight excluding hydrogens is 220 g/mol. The Morgan fingerprint density at radius 2 is 1.94 bits per heavy atom. The van der Waals surface area contributed by atoms with Gasteiger partial charge in [0.25, 0.3) is 0 Å². The second-order valence-electron chi connectivity index (χ2n) is 4.06. The van der Waals surface area contributed by atoms with Crippen molar-refractivity contribution < 1.29 is 4.79 Å². The molecule has 4 heteroatoms. The minimum absolute atomic E-state index is 0.234. The molecule has 0 aromatic heterocycles. The summed E-state index contributed by atoms with van der Waals surface area (Å²) >= 11 is 4.73. The first-order chi connectivity index (χ1) is 7.66. The van der Waals surface area contributed by atoms with Crippen LogP contribution in [0.4, 0.5) is 5.69 Å². The summed E-state index contributed by atoms with van der Waals surface area (Å²) < 4.78 is 0. The van der Waals surface area contributed by atoms with E-state index in [1.54, 1.807) is 0 Å². The highest BCUT2D eigenvalue weighted by molar-refractivity contribution is 7.80. The van der Waals surface area contributed by atoms with E-state index in [-0.39, 0.29) is 16.8 Å². The van der Waals surface area contributed by atoms with Gasteiger partial charge < -0.3 is 11.1 Å². The quantitative estimate of drug-likeness (QED) is 0.622. The molecule has 0 unspecified atom stereocenters. The number of benzene rings is 1. The zero-order valence-corrected chi connectivity index (χ0v) is 9.72. The molecule has 0 bridgehead atoms. The molecule has 3 N–H and O–H groups in total. The fraction of sp³-hybridized carbons (Fsp3) is 0.333. The number of hydrogen-bond donors (Lipinski definition) is 2. The maximum absolute atomic E-state index is 11.9. The van der Waals surface area contributed by atoms with Gasteiger partial charge in [0, 0.05) is 17.2 Å². The van der Waals surface area contributed by atoms with E-state index in [1.165, 1.54) is 6.42 Å². The Bertz CT molecular complexity index is 410. The number of carbonyl (C=O) groups is 1. The van der Waals surface area contributed by atoms with Crippen LogP contribution >= 0.6 is 12.2 Å². The fourth-order valence-corrected chi connectivity index (χ4v) is 1.88. The summed E-state index contributed by atoms with van der Waals surface area (Å²) in [5.41, 5.74) is 6.95. The first-order valence-corrected chi connectivity index (χ1v) is 5.78. The van der Waals surface area contributed by atoms with Crippen LogP contribution in [0.5, 0.6) is 0 Å². The highest BCUT2D eigenvalue weighted by atomic mass is 32.1. The van der Waals surface area contributed by atoms with Crippen molar-refractivity contribution in [2.24, 2.45) is 11.7 Å². The molecule has 84 valence electrons. The molecule has 0 amide bonds. The number of carbonyl (C=O) groups excluding carboxylic acids is 1. The Balaban J connectivity index is 2.06. The summed E-state index contributed by atoms with van der Waals surface area (Å²) in [6, 6.07) is 7.29. The van der Waals surface area contributed by atoms with Gasteiger partial charge in [-0.3, -0.25) is 4.79 Å². The molecule has 1 aromatic rings. The molecule has 0 heterocycles. The van der Waals surface area contributed by atoms with Gasteiger partial charge in [0.1, 0.15) is 0 Å². The minimum Gasteiger partial charge on any atom is -0.376 e. The van der Waals surface area contributed by atoms with Crippen molar-refractivity contribution >= 4 is 28.8 Å². The van der Waals surface area contributed by atoms with E-state index in [2.05, 4.69) is 5.32 Å². The Labute approximate surface area is 100 Å². The van der Waals surface area contributed by atoms with E-state index in [9.17, 15) is 4.79 Å². The maximum atomic E-state index is 11.9. The molecule has 0 saturated heterocycles. The number of thiocarbonyl (C=S) groups is 1. The van der Waals surface area contributed by atoms with Crippen molar-refractivity contribution in [1.29, 1.82) is 0 Å². The summed E-state index contributed by atoms with van der Waals surface area (Å²) in [6.45, 7) is 0. The number of hydrogen-bond acceptors (Lipinski definition) is 2. The Morgan fingerprint density at radius 1 is 1.31 bits per heavy atom. The minimum atomic E-state index is 0.234. The van der Waals surface area contributed by atoms with Crippen molar-refractivity contribution in [2.75, 3.05) is 5.32 Å². The van der Waals surface area contributed by atoms with Crippen LogP contribution in [-0.2, 0) is 0 Å². The van der Waals surface area contributed by atoms with Crippen molar-refractivity contribution in [3.05, 3.63) is 29.8 Å². The molecule has 0 aliphatic heterocycles. The second-order valence-corrected chi connectivity index (χ2v) is 4.50. The molecule has 3 nitrogen and oxygen atoms in total. The number of rotatable bonds is 3. The highest BCUT2D eigenvalue weighted by Gasteiger charge is 2.25.